The van der Waals surface area contributed by atoms with Gasteiger partial charge >= 0.3 is 0 Å². The largest absolute Gasteiger partial charge is 0.358 e. The van der Waals surface area contributed by atoms with Gasteiger partial charge in [0.05, 0.1) is 45.9 Å². The fourth-order valence-electron chi connectivity index (χ4n) is 4.34. The lowest BCUT2D eigenvalue weighted by Gasteiger charge is -2.15. The summed E-state index contributed by atoms with van der Waals surface area (Å²) in [6, 6.07) is 1.81. The molecule has 3 N–H and O–H groups in total. The summed E-state index contributed by atoms with van der Waals surface area (Å²) in [5.74, 6) is -0.0666. The minimum Gasteiger partial charge on any atom is -0.358 e. The van der Waals surface area contributed by atoms with Crippen LogP contribution in [0.2, 0.25) is 0 Å². The van der Waals surface area contributed by atoms with Crippen LogP contribution in [0.4, 0.5) is 10.1 Å². The second-order valence-corrected chi connectivity index (χ2v) is 10.3. The third-order valence-corrected chi connectivity index (χ3v) is 6.47. The van der Waals surface area contributed by atoms with E-state index in [0.29, 0.717) is 28.2 Å². The Morgan fingerprint density at radius 3 is 2.54 bits per heavy atom. The quantitative estimate of drug-likeness (QED) is 0.224. The molecule has 0 aliphatic heterocycles. The number of pyridine rings is 1. The lowest BCUT2D eigenvalue weighted by atomic mass is 10.0. The van der Waals surface area contributed by atoms with E-state index >= 15 is 4.39 Å². The van der Waals surface area contributed by atoms with Gasteiger partial charge in [-0.05, 0) is 57.7 Å². The van der Waals surface area contributed by atoms with Gasteiger partial charge in [0.25, 0.3) is 0 Å². The minimum atomic E-state index is -0.524. The number of H-pyrrole nitrogens is 1. The molecule has 0 bridgehead atoms. The van der Waals surface area contributed by atoms with Gasteiger partial charge in [0.15, 0.2) is 0 Å². The Bertz CT molecular complexity index is 1660. The van der Waals surface area contributed by atoms with Crippen LogP contribution in [0, 0.1) is 12.8 Å². The van der Waals surface area contributed by atoms with Crippen LogP contribution in [-0.2, 0) is 0 Å². The van der Waals surface area contributed by atoms with E-state index in [4.69, 9.17) is 0 Å². The molecule has 214 valence electrons. The van der Waals surface area contributed by atoms with Crippen LogP contribution >= 0.6 is 0 Å². The molecule has 3 aromatic rings. The first-order valence-corrected chi connectivity index (χ1v) is 13.4. The molecule has 0 unspecified atom stereocenters. The van der Waals surface area contributed by atoms with Gasteiger partial charge in [-0.15, -0.1) is 0 Å². The fourth-order valence-corrected chi connectivity index (χ4v) is 4.34. The standard InChI is InChI=1S/C33H40FN7/c1-11-13-30(41-18-22(6)36-19-41)23(7)25(9)38-26(10)33-31(29(12-2)39-40-33)32(34)24(8)27-15-28(17-35-16-27)37-21(5)14-20(3)4/h11-13,15-20,37-39H,1,5,8,10,14H2,2-4,6-7,9H3/b25-23+,29-12+,30-13+,32-31-. The van der Waals surface area contributed by atoms with E-state index in [1.165, 1.54) is 0 Å². The van der Waals surface area contributed by atoms with E-state index < -0.39 is 5.83 Å². The van der Waals surface area contributed by atoms with Crippen LogP contribution in [0.5, 0.6) is 0 Å². The van der Waals surface area contributed by atoms with Gasteiger partial charge in [0.1, 0.15) is 11.5 Å². The number of anilines is 1. The predicted octanol–water partition coefficient (Wildman–Crippen LogP) is 6.45. The lowest BCUT2D eigenvalue weighted by Crippen LogP contribution is -2.28. The minimum absolute atomic E-state index is 0.185. The van der Waals surface area contributed by atoms with Gasteiger partial charge in [-0.1, -0.05) is 52.3 Å². The molecule has 0 aliphatic carbocycles. The summed E-state index contributed by atoms with van der Waals surface area (Å²) in [7, 11) is 0. The normalized spacial score (nSPS) is 13.6. The van der Waals surface area contributed by atoms with Crippen molar-refractivity contribution in [2.75, 3.05) is 5.32 Å². The van der Waals surface area contributed by atoms with Crippen molar-refractivity contribution in [3.63, 3.8) is 0 Å². The molecule has 3 aromatic heterocycles. The Hall–Kier alpha value is -4.72. The van der Waals surface area contributed by atoms with E-state index in [1.54, 1.807) is 30.9 Å². The molecular formula is C33H40FN7. The molecule has 0 radical (unpaired) electrons. The van der Waals surface area contributed by atoms with Crippen molar-refractivity contribution in [2.45, 2.75) is 48.0 Å². The maximum absolute atomic E-state index is 16.2. The number of aromatic nitrogens is 5. The number of allylic oxidation sites excluding steroid dienone is 7. The lowest BCUT2D eigenvalue weighted by molar-refractivity contribution is 0.645. The zero-order valence-electron chi connectivity index (χ0n) is 24.9. The van der Waals surface area contributed by atoms with Crippen molar-refractivity contribution < 1.29 is 4.39 Å². The first-order chi connectivity index (χ1) is 19.5. The zero-order valence-corrected chi connectivity index (χ0v) is 24.9. The third kappa shape index (κ3) is 7.48. The summed E-state index contributed by atoms with van der Waals surface area (Å²) in [6.45, 7) is 28.1. The van der Waals surface area contributed by atoms with Crippen molar-refractivity contribution in [1.29, 1.82) is 0 Å². The number of nitrogens with zero attached hydrogens (tertiary/aromatic N) is 4. The van der Waals surface area contributed by atoms with Crippen LogP contribution in [0.15, 0.2) is 86.4 Å². The maximum atomic E-state index is 16.2. The summed E-state index contributed by atoms with van der Waals surface area (Å²) in [5.41, 5.74) is 6.64. The Kier molecular flexibility index (Phi) is 10.2. The number of halogens is 1. The molecule has 3 rings (SSSR count). The molecule has 0 aromatic carbocycles. The van der Waals surface area contributed by atoms with Crippen LogP contribution in [-0.4, -0.2) is 24.7 Å². The molecule has 8 heteroatoms. The topological polar surface area (TPSA) is 83.5 Å². The highest BCUT2D eigenvalue weighted by Crippen LogP contribution is 2.25. The van der Waals surface area contributed by atoms with Gasteiger partial charge < -0.3 is 15.2 Å². The van der Waals surface area contributed by atoms with Crippen molar-refractivity contribution in [3.8, 4) is 0 Å². The Balaban J connectivity index is 1.98. The molecular weight excluding hydrogens is 513 g/mol. The molecule has 3 heterocycles. The van der Waals surface area contributed by atoms with Gasteiger partial charge in [-0.2, -0.15) is 5.10 Å². The van der Waals surface area contributed by atoms with E-state index in [-0.39, 0.29) is 10.8 Å². The number of aromatic amines is 1. The molecule has 41 heavy (non-hydrogen) atoms. The maximum Gasteiger partial charge on any atom is 0.142 e. The van der Waals surface area contributed by atoms with Crippen molar-refractivity contribution >= 4 is 34.6 Å². The highest BCUT2D eigenvalue weighted by atomic mass is 19.1. The van der Waals surface area contributed by atoms with Crippen LogP contribution in [0.3, 0.4) is 0 Å². The van der Waals surface area contributed by atoms with Crippen LogP contribution in [0.25, 0.3) is 28.9 Å². The van der Waals surface area contributed by atoms with Crippen molar-refractivity contribution in [1.82, 2.24) is 30.0 Å². The molecule has 7 nitrogen and oxygen atoms in total. The predicted molar refractivity (Wildman–Crippen MR) is 170 cm³/mol. The summed E-state index contributed by atoms with van der Waals surface area (Å²) >= 11 is 0. The smallest absolute Gasteiger partial charge is 0.142 e. The molecule has 0 amide bonds. The van der Waals surface area contributed by atoms with Crippen molar-refractivity contribution in [3.05, 3.63) is 114 Å². The van der Waals surface area contributed by atoms with Gasteiger partial charge in [0.2, 0.25) is 0 Å². The first kappa shape index (κ1) is 30.8. The number of nitrogens with one attached hydrogen (secondary N) is 3. The van der Waals surface area contributed by atoms with E-state index in [9.17, 15) is 0 Å². The van der Waals surface area contributed by atoms with Gasteiger partial charge in [0, 0.05) is 34.9 Å². The first-order valence-electron chi connectivity index (χ1n) is 13.4. The van der Waals surface area contributed by atoms with Crippen LogP contribution in [0.1, 0.15) is 58.0 Å². The Labute approximate surface area is 242 Å². The average molecular weight is 554 g/mol. The van der Waals surface area contributed by atoms with E-state index in [0.717, 1.165) is 40.5 Å². The monoisotopic (exact) mass is 553 g/mol. The molecule has 0 saturated carbocycles. The second kappa shape index (κ2) is 13.6. The second-order valence-electron chi connectivity index (χ2n) is 10.3. The molecule has 0 aliphatic rings. The number of imidazole rings is 1. The average Bonchev–Trinajstić information content (AvgIpc) is 3.56. The zero-order chi connectivity index (χ0) is 30.3. The summed E-state index contributed by atoms with van der Waals surface area (Å²) in [5, 5.41) is 14.7. The van der Waals surface area contributed by atoms with E-state index in [1.807, 2.05) is 50.6 Å². The highest BCUT2D eigenvalue weighted by Gasteiger charge is 2.16. The SMILES string of the molecule is C=C/C=C(\C(C)=C(/C)NC(=C)c1n[nH]c(=C/C)/c1=C(/F)C(=C)c1cncc(NC(=C)CC(C)C)c1)n1cnc(C)c1. The molecule has 0 atom stereocenters. The van der Waals surface area contributed by atoms with Gasteiger partial charge in [-0.25, -0.2) is 9.37 Å². The molecule has 0 saturated heterocycles. The Morgan fingerprint density at radius 1 is 1.20 bits per heavy atom. The molecule has 0 fully saturated rings. The summed E-state index contributed by atoms with van der Waals surface area (Å²) < 4.78 is 18.1. The number of rotatable bonds is 12. The fraction of sp³-hybridized carbons (Fsp3) is 0.242. The third-order valence-electron chi connectivity index (χ3n) is 6.47. The summed E-state index contributed by atoms with van der Waals surface area (Å²) in [6.07, 6.45) is 13.2. The molecule has 0 spiro atoms. The number of aryl methyl sites for hydroxylation is 1. The highest BCUT2D eigenvalue weighted by molar-refractivity contribution is 5.94. The number of hydrogen-bond donors (Lipinski definition) is 3. The van der Waals surface area contributed by atoms with Crippen molar-refractivity contribution in [2.24, 2.45) is 5.92 Å². The number of hydrogen-bond acceptors (Lipinski definition) is 5. The van der Waals surface area contributed by atoms with Crippen LogP contribution < -0.4 is 21.2 Å². The summed E-state index contributed by atoms with van der Waals surface area (Å²) in [4.78, 5) is 8.62. The van der Waals surface area contributed by atoms with E-state index in [2.05, 4.69) is 71.0 Å². The Morgan fingerprint density at radius 2 is 1.93 bits per heavy atom. The van der Waals surface area contributed by atoms with Gasteiger partial charge in [-0.3, -0.25) is 10.1 Å².